The number of aryl methyl sites for hydroxylation is 1. The van der Waals surface area contributed by atoms with Crippen LogP contribution in [0.5, 0.6) is 0 Å². The zero-order valence-electron chi connectivity index (χ0n) is 13.4. The third-order valence-electron chi connectivity index (χ3n) is 4.75. The Labute approximate surface area is 144 Å². The second-order valence-electron chi connectivity index (χ2n) is 6.28. The van der Waals surface area contributed by atoms with Crippen LogP contribution in [0.15, 0.2) is 24.1 Å². The summed E-state index contributed by atoms with van der Waals surface area (Å²) >= 11 is 1.69. The molecule has 7 nitrogen and oxygen atoms in total. The maximum Gasteiger partial charge on any atom is 0.231 e. The second kappa shape index (κ2) is 6.54. The SMILES string of the molecule is Cc1ncsc1CN1C[C@@H]2[C@@H](C(=O)Nc3cnccn3)CO[C@@H]2C1. The lowest BCUT2D eigenvalue weighted by molar-refractivity contribution is -0.120. The number of fused-ring (bicyclic) bond motifs is 1. The number of anilines is 1. The first kappa shape index (κ1) is 15.6. The van der Waals surface area contributed by atoms with Gasteiger partial charge < -0.3 is 10.1 Å². The van der Waals surface area contributed by atoms with Gasteiger partial charge in [-0.1, -0.05) is 0 Å². The predicted octanol–water partition coefficient (Wildman–Crippen LogP) is 1.33. The standard InChI is InChI=1S/C16H19N5O2S/c1-10-14(24-9-19-10)7-21-5-11-12(8-23-13(11)6-21)16(22)20-15-4-17-2-3-18-15/h2-4,9,11-13H,5-8H2,1H3,(H,18,20,22)/t11-,12+,13-/m1/s1. The molecule has 0 bridgehead atoms. The number of hydrogen-bond donors (Lipinski definition) is 1. The van der Waals surface area contributed by atoms with Gasteiger partial charge in [0.25, 0.3) is 0 Å². The minimum atomic E-state index is -0.135. The molecule has 0 radical (unpaired) electrons. The molecule has 2 fully saturated rings. The lowest BCUT2D eigenvalue weighted by Crippen LogP contribution is -2.32. The van der Waals surface area contributed by atoms with Crippen LogP contribution < -0.4 is 5.32 Å². The van der Waals surface area contributed by atoms with Crippen LogP contribution in [0.4, 0.5) is 5.82 Å². The molecule has 1 amide bonds. The smallest absolute Gasteiger partial charge is 0.231 e. The molecule has 0 spiro atoms. The van der Waals surface area contributed by atoms with Crippen molar-refractivity contribution < 1.29 is 9.53 Å². The number of thiazole rings is 1. The molecule has 2 aromatic rings. The average molecular weight is 345 g/mol. The van der Waals surface area contributed by atoms with Gasteiger partial charge in [-0.25, -0.2) is 9.97 Å². The van der Waals surface area contributed by atoms with Gasteiger partial charge in [0.1, 0.15) is 0 Å². The Balaban J connectivity index is 1.39. The Morgan fingerprint density at radius 1 is 1.42 bits per heavy atom. The molecule has 2 aliphatic rings. The van der Waals surface area contributed by atoms with Gasteiger partial charge in [-0.2, -0.15) is 0 Å². The molecule has 0 aromatic carbocycles. The highest BCUT2D eigenvalue weighted by Crippen LogP contribution is 2.35. The fourth-order valence-corrected chi connectivity index (χ4v) is 4.27. The van der Waals surface area contributed by atoms with Crippen molar-refractivity contribution in [3.05, 3.63) is 34.7 Å². The van der Waals surface area contributed by atoms with E-state index < -0.39 is 0 Å². The number of amides is 1. The molecule has 0 saturated carbocycles. The largest absolute Gasteiger partial charge is 0.376 e. The van der Waals surface area contributed by atoms with Crippen LogP contribution in [0, 0.1) is 18.8 Å². The van der Waals surface area contributed by atoms with Crippen molar-refractivity contribution in [1.29, 1.82) is 0 Å². The van der Waals surface area contributed by atoms with E-state index in [1.807, 2.05) is 12.4 Å². The summed E-state index contributed by atoms with van der Waals surface area (Å²) in [5.41, 5.74) is 2.98. The van der Waals surface area contributed by atoms with Crippen molar-refractivity contribution in [2.75, 3.05) is 25.0 Å². The van der Waals surface area contributed by atoms with Crippen molar-refractivity contribution in [1.82, 2.24) is 19.9 Å². The summed E-state index contributed by atoms with van der Waals surface area (Å²) in [4.78, 5) is 28.6. The number of carbonyl (C=O) groups is 1. The van der Waals surface area contributed by atoms with Crippen molar-refractivity contribution in [3.63, 3.8) is 0 Å². The molecule has 2 aliphatic heterocycles. The van der Waals surface area contributed by atoms with E-state index in [1.54, 1.807) is 29.9 Å². The number of nitrogens with zero attached hydrogens (tertiary/aromatic N) is 4. The van der Waals surface area contributed by atoms with Crippen LogP contribution >= 0.6 is 11.3 Å². The van der Waals surface area contributed by atoms with Crippen LogP contribution in [0.3, 0.4) is 0 Å². The first-order chi connectivity index (χ1) is 11.7. The molecule has 0 aliphatic carbocycles. The zero-order valence-corrected chi connectivity index (χ0v) is 14.2. The first-order valence-electron chi connectivity index (χ1n) is 8.00. The minimum absolute atomic E-state index is 0.0289. The first-order valence-corrected chi connectivity index (χ1v) is 8.88. The molecular formula is C16H19N5O2S. The van der Waals surface area contributed by atoms with Gasteiger partial charge in [0.05, 0.1) is 36.0 Å². The molecule has 2 aromatic heterocycles. The summed E-state index contributed by atoms with van der Waals surface area (Å²) in [6.07, 6.45) is 4.84. The Bertz CT molecular complexity index is 722. The van der Waals surface area contributed by atoms with Crippen molar-refractivity contribution in [3.8, 4) is 0 Å². The molecule has 0 unspecified atom stereocenters. The van der Waals surface area contributed by atoms with Gasteiger partial charge >= 0.3 is 0 Å². The van der Waals surface area contributed by atoms with Gasteiger partial charge in [-0.15, -0.1) is 11.3 Å². The monoisotopic (exact) mass is 345 g/mol. The van der Waals surface area contributed by atoms with E-state index in [2.05, 4.69) is 25.2 Å². The van der Waals surface area contributed by atoms with E-state index in [1.165, 1.54) is 4.88 Å². The molecule has 126 valence electrons. The van der Waals surface area contributed by atoms with Crippen LogP contribution in [-0.4, -0.2) is 51.6 Å². The summed E-state index contributed by atoms with van der Waals surface area (Å²) < 4.78 is 5.88. The maximum absolute atomic E-state index is 12.5. The van der Waals surface area contributed by atoms with Crippen LogP contribution in [0.25, 0.3) is 0 Å². The van der Waals surface area contributed by atoms with Crippen LogP contribution in [-0.2, 0) is 16.1 Å². The topological polar surface area (TPSA) is 80.2 Å². The molecule has 4 heterocycles. The van der Waals surface area contributed by atoms with E-state index in [-0.39, 0.29) is 23.8 Å². The Morgan fingerprint density at radius 2 is 2.33 bits per heavy atom. The molecule has 24 heavy (non-hydrogen) atoms. The van der Waals surface area contributed by atoms with Gasteiger partial charge in [-0.05, 0) is 6.92 Å². The minimum Gasteiger partial charge on any atom is -0.376 e. The number of ether oxygens (including phenoxy) is 1. The molecule has 8 heteroatoms. The highest BCUT2D eigenvalue weighted by molar-refractivity contribution is 7.09. The average Bonchev–Trinajstić information content (AvgIpc) is 3.25. The lowest BCUT2D eigenvalue weighted by atomic mass is 9.92. The summed E-state index contributed by atoms with van der Waals surface area (Å²) in [5.74, 6) is 0.555. The number of rotatable bonds is 4. The fourth-order valence-electron chi connectivity index (χ4n) is 3.46. The van der Waals surface area contributed by atoms with Gasteiger partial charge in [0, 0.05) is 42.8 Å². The normalized spacial score (nSPS) is 26.5. The van der Waals surface area contributed by atoms with Gasteiger partial charge in [0.2, 0.25) is 5.91 Å². The second-order valence-corrected chi connectivity index (χ2v) is 7.22. The fraction of sp³-hybridized carbons (Fsp3) is 0.500. The predicted molar refractivity (Wildman–Crippen MR) is 89.5 cm³/mol. The third kappa shape index (κ3) is 3.04. The van der Waals surface area contributed by atoms with Crippen molar-refractivity contribution in [2.45, 2.75) is 19.6 Å². The van der Waals surface area contributed by atoms with E-state index in [0.29, 0.717) is 12.4 Å². The number of nitrogens with one attached hydrogen (secondary N) is 1. The van der Waals surface area contributed by atoms with Gasteiger partial charge in [-0.3, -0.25) is 14.7 Å². The van der Waals surface area contributed by atoms with Crippen LogP contribution in [0.2, 0.25) is 0 Å². The molecular weight excluding hydrogens is 326 g/mol. The van der Waals surface area contributed by atoms with E-state index in [4.69, 9.17) is 4.74 Å². The number of hydrogen-bond acceptors (Lipinski definition) is 7. The molecule has 3 atom stereocenters. The molecule has 2 saturated heterocycles. The Morgan fingerprint density at radius 3 is 3.08 bits per heavy atom. The number of carbonyl (C=O) groups excluding carboxylic acids is 1. The van der Waals surface area contributed by atoms with E-state index >= 15 is 0 Å². The molecule has 4 rings (SSSR count). The highest BCUT2D eigenvalue weighted by atomic mass is 32.1. The van der Waals surface area contributed by atoms with Crippen molar-refractivity contribution in [2.24, 2.45) is 11.8 Å². The van der Waals surface area contributed by atoms with Crippen molar-refractivity contribution >= 4 is 23.1 Å². The Hall–Kier alpha value is -1.90. The highest BCUT2D eigenvalue weighted by Gasteiger charge is 2.46. The summed E-state index contributed by atoms with van der Waals surface area (Å²) in [6, 6.07) is 0. The number of aromatic nitrogens is 3. The third-order valence-corrected chi connectivity index (χ3v) is 5.67. The maximum atomic E-state index is 12.5. The zero-order chi connectivity index (χ0) is 16.5. The molecule has 1 N–H and O–H groups in total. The summed E-state index contributed by atoms with van der Waals surface area (Å²) in [7, 11) is 0. The quantitative estimate of drug-likeness (QED) is 0.900. The summed E-state index contributed by atoms with van der Waals surface area (Å²) in [6.45, 7) is 5.15. The Kier molecular flexibility index (Phi) is 4.26. The van der Waals surface area contributed by atoms with E-state index in [9.17, 15) is 4.79 Å². The van der Waals surface area contributed by atoms with Gasteiger partial charge in [0.15, 0.2) is 5.82 Å². The lowest BCUT2D eigenvalue weighted by Gasteiger charge is -2.18. The van der Waals surface area contributed by atoms with E-state index in [0.717, 1.165) is 25.3 Å². The van der Waals surface area contributed by atoms with Crippen LogP contribution in [0.1, 0.15) is 10.6 Å². The summed E-state index contributed by atoms with van der Waals surface area (Å²) in [5, 5.41) is 2.85. The number of likely N-dealkylation sites (tertiary alicyclic amines) is 1.